The van der Waals surface area contributed by atoms with Gasteiger partial charge >= 0.3 is 0 Å². The van der Waals surface area contributed by atoms with Gasteiger partial charge in [0.05, 0.1) is 21.9 Å². The van der Waals surface area contributed by atoms with E-state index in [-0.39, 0.29) is 11.4 Å². The molecule has 0 saturated carbocycles. The van der Waals surface area contributed by atoms with Crippen molar-refractivity contribution < 1.29 is 17.6 Å². The van der Waals surface area contributed by atoms with Crippen LogP contribution < -0.4 is 10.0 Å². The zero-order chi connectivity index (χ0) is 22.3. The first-order chi connectivity index (χ1) is 14.7. The summed E-state index contributed by atoms with van der Waals surface area (Å²) in [5.41, 5.74) is 0.999. The number of benzene rings is 2. The lowest BCUT2D eigenvalue weighted by Gasteiger charge is -2.14. The molecule has 0 bridgehead atoms. The maximum atomic E-state index is 14.0. The topological polar surface area (TPSA) is 93.1 Å². The first-order valence-corrected chi connectivity index (χ1v) is 11.6. The third-order valence-electron chi connectivity index (χ3n) is 4.52. The highest BCUT2D eigenvalue weighted by molar-refractivity contribution is 7.92. The molecule has 0 aliphatic carbocycles. The summed E-state index contributed by atoms with van der Waals surface area (Å²) < 4.78 is 43.4. The molecule has 0 aliphatic rings. The van der Waals surface area contributed by atoms with Gasteiger partial charge in [-0.2, -0.15) is 5.10 Å². The molecule has 160 valence electrons. The number of rotatable bonds is 5. The third-order valence-corrected chi connectivity index (χ3v) is 7.35. The summed E-state index contributed by atoms with van der Waals surface area (Å²) in [7, 11) is -2.44. The number of nitrogens with zero attached hydrogens (tertiary/aromatic N) is 2. The second kappa shape index (κ2) is 7.95. The van der Waals surface area contributed by atoms with Crippen molar-refractivity contribution in [2.24, 2.45) is 7.05 Å². The number of aryl methyl sites for hydroxylation is 2. The van der Waals surface area contributed by atoms with Gasteiger partial charge in [-0.25, -0.2) is 12.8 Å². The lowest BCUT2D eigenvalue weighted by atomic mass is 10.2. The number of amides is 1. The van der Waals surface area contributed by atoms with Crippen LogP contribution in [0.3, 0.4) is 0 Å². The third kappa shape index (κ3) is 4.14. The number of hydrogen-bond acceptors (Lipinski definition) is 5. The number of carbonyl (C=O) groups is 1. The molecule has 0 radical (unpaired) electrons. The molecule has 31 heavy (non-hydrogen) atoms. The van der Waals surface area contributed by atoms with Gasteiger partial charge in [-0.15, -0.1) is 11.3 Å². The Kier molecular flexibility index (Phi) is 5.46. The molecule has 4 rings (SSSR count). The van der Waals surface area contributed by atoms with Crippen LogP contribution in [-0.4, -0.2) is 24.1 Å². The molecule has 2 N–H and O–H groups in total. The Morgan fingerprint density at radius 2 is 1.90 bits per heavy atom. The number of carbonyl (C=O) groups excluding carboxylic acids is 1. The lowest BCUT2D eigenvalue weighted by molar-refractivity contribution is 0.103. The fourth-order valence-corrected chi connectivity index (χ4v) is 5.42. The summed E-state index contributed by atoms with van der Waals surface area (Å²) in [6.45, 7) is 1.85. The largest absolute Gasteiger partial charge is 0.319 e. The number of hydrogen-bond donors (Lipinski definition) is 2. The molecule has 0 saturated heterocycles. The molecule has 4 aromatic rings. The summed E-state index contributed by atoms with van der Waals surface area (Å²) in [5, 5.41) is 8.15. The minimum absolute atomic E-state index is 0.0555. The van der Waals surface area contributed by atoms with E-state index >= 15 is 0 Å². The Hall–Kier alpha value is -2.95. The standard InChI is InChI=1S/C20H16ClFN4O3S2/c1-11-13-10-17(30-20(13)26(2)24-11)19(27)23-16-9-12(21)7-8-15(16)25-31(28,29)18-6-4-3-5-14(18)22/h3-10,25H,1-2H3,(H,23,27). The molecule has 0 unspecified atom stereocenters. The Morgan fingerprint density at radius 3 is 2.61 bits per heavy atom. The zero-order valence-corrected chi connectivity index (χ0v) is 18.7. The van der Waals surface area contributed by atoms with Crippen LogP contribution in [-0.2, 0) is 17.1 Å². The van der Waals surface area contributed by atoms with Crippen LogP contribution in [0.2, 0.25) is 5.02 Å². The quantitative estimate of drug-likeness (QED) is 0.431. The van der Waals surface area contributed by atoms with Crippen LogP contribution in [0.15, 0.2) is 53.4 Å². The van der Waals surface area contributed by atoms with E-state index in [1.54, 1.807) is 17.8 Å². The van der Waals surface area contributed by atoms with E-state index in [1.807, 2.05) is 6.92 Å². The van der Waals surface area contributed by atoms with Crippen molar-refractivity contribution in [3.05, 3.63) is 69.9 Å². The molecular weight excluding hydrogens is 463 g/mol. The van der Waals surface area contributed by atoms with Crippen molar-refractivity contribution in [1.82, 2.24) is 9.78 Å². The Bertz CT molecular complexity index is 1400. The molecule has 0 aliphatic heterocycles. The number of fused-ring (bicyclic) bond motifs is 1. The van der Waals surface area contributed by atoms with Crippen molar-refractivity contribution in [3.8, 4) is 0 Å². The van der Waals surface area contributed by atoms with Gasteiger partial charge in [-0.3, -0.25) is 14.2 Å². The zero-order valence-electron chi connectivity index (χ0n) is 16.3. The van der Waals surface area contributed by atoms with Crippen molar-refractivity contribution in [3.63, 3.8) is 0 Å². The summed E-state index contributed by atoms with van der Waals surface area (Å²) in [4.78, 5) is 13.6. The average molecular weight is 479 g/mol. The van der Waals surface area contributed by atoms with Crippen LogP contribution in [0.4, 0.5) is 15.8 Å². The highest BCUT2D eigenvalue weighted by atomic mass is 35.5. The summed E-state index contributed by atoms with van der Waals surface area (Å²) in [5.74, 6) is -1.32. The smallest absolute Gasteiger partial charge is 0.265 e. The fraction of sp³-hybridized carbons (Fsp3) is 0.100. The van der Waals surface area contributed by atoms with Crippen molar-refractivity contribution in [2.75, 3.05) is 10.0 Å². The van der Waals surface area contributed by atoms with Gasteiger partial charge < -0.3 is 5.32 Å². The van der Waals surface area contributed by atoms with Gasteiger partial charge in [-0.1, -0.05) is 23.7 Å². The van der Waals surface area contributed by atoms with Crippen molar-refractivity contribution in [1.29, 1.82) is 0 Å². The Labute approximate surface area is 186 Å². The van der Waals surface area contributed by atoms with Crippen LogP contribution in [0, 0.1) is 12.7 Å². The number of aromatic nitrogens is 2. The van der Waals surface area contributed by atoms with Gasteiger partial charge in [0.1, 0.15) is 15.5 Å². The minimum atomic E-state index is -4.23. The van der Waals surface area contributed by atoms with Crippen LogP contribution in [0.25, 0.3) is 10.2 Å². The Balaban J connectivity index is 1.66. The van der Waals surface area contributed by atoms with E-state index < -0.39 is 26.6 Å². The summed E-state index contributed by atoms with van der Waals surface area (Å²) >= 11 is 7.31. The molecule has 11 heteroatoms. The lowest BCUT2D eigenvalue weighted by Crippen LogP contribution is -2.17. The maximum absolute atomic E-state index is 14.0. The highest BCUT2D eigenvalue weighted by Crippen LogP contribution is 2.31. The van der Waals surface area contributed by atoms with Gasteiger partial charge in [0.25, 0.3) is 15.9 Å². The molecule has 7 nitrogen and oxygen atoms in total. The van der Waals surface area contributed by atoms with E-state index in [9.17, 15) is 17.6 Å². The van der Waals surface area contributed by atoms with E-state index in [1.165, 1.54) is 41.7 Å². The van der Waals surface area contributed by atoms with Crippen LogP contribution in [0.5, 0.6) is 0 Å². The normalized spacial score (nSPS) is 11.6. The molecule has 2 aromatic heterocycles. The SMILES string of the molecule is Cc1nn(C)c2sc(C(=O)Nc3cc(Cl)ccc3NS(=O)(=O)c3ccccc3F)cc12. The molecule has 0 fully saturated rings. The molecule has 0 spiro atoms. The van der Waals surface area contributed by atoms with E-state index in [0.29, 0.717) is 9.90 Å². The summed E-state index contributed by atoms with van der Waals surface area (Å²) in [6, 6.07) is 11.0. The predicted octanol–water partition coefficient (Wildman–Crippen LogP) is 4.79. The molecule has 0 atom stereocenters. The monoisotopic (exact) mass is 478 g/mol. The number of thiophene rings is 1. The van der Waals surface area contributed by atoms with E-state index in [0.717, 1.165) is 28.0 Å². The van der Waals surface area contributed by atoms with Gasteiger partial charge in [-0.05, 0) is 43.3 Å². The molecule has 2 heterocycles. The minimum Gasteiger partial charge on any atom is -0.319 e. The van der Waals surface area contributed by atoms with Crippen molar-refractivity contribution in [2.45, 2.75) is 11.8 Å². The average Bonchev–Trinajstić information content (AvgIpc) is 3.26. The number of anilines is 2. The van der Waals surface area contributed by atoms with Gasteiger partial charge in [0.2, 0.25) is 0 Å². The molecule has 1 amide bonds. The van der Waals surface area contributed by atoms with Gasteiger partial charge in [0.15, 0.2) is 0 Å². The Morgan fingerprint density at radius 1 is 1.16 bits per heavy atom. The first kappa shape index (κ1) is 21.3. The number of halogens is 2. The first-order valence-electron chi connectivity index (χ1n) is 8.97. The number of nitrogens with one attached hydrogen (secondary N) is 2. The van der Waals surface area contributed by atoms with E-state index in [2.05, 4.69) is 15.1 Å². The van der Waals surface area contributed by atoms with Crippen LogP contribution >= 0.6 is 22.9 Å². The van der Waals surface area contributed by atoms with E-state index in [4.69, 9.17) is 11.6 Å². The summed E-state index contributed by atoms with van der Waals surface area (Å²) in [6.07, 6.45) is 0. The molecular formula is C20H16ClFN4O3S2. The van der Waals surface area contributed by atoms with Crippen LogP contribution in [0.1, 0.15) is 15.4 Å². The maximum Gasteiger partial charge on any atom is 0.265 e. The second-order valence-corrected chi connectivity index (χ2v) is 9.84. The highest BCUT2D eigenvalue weighted by Gasteiger charge is 2.22. The number of sulfonamides is 1. The fourth-order valence-electron chi connectivity index (χ4n) is 3.07. The molecule has 2 aromatic carbocycles. The second-order valence-electron chi connectivity index (χ2n) is 6.72. The van der Waals surface area contributed by atoms with Gasteiger partial charge in [0, 0.05) is 17.5 Å². The predicted molar refractivity (Wildman–Crippen MR) is 120 cm³/mol. The van der Waals surface area contributed by atoms with Crippen molar-refractivity contribution >= 4 is 60.5 Å².